The standard InChI is InChI=1S/C21H22N6O3/c1-28-16-4-2-14(3-5-16)12-29-13-20-26-27-21(30-20)18-7-6-17(24-25-18)19-10-15(11-22)8-9-23-19/h2-7,15,19,23H,8-10,12-13H2,1H3. The zero-order chi connectivity index (χ0) is 20.8. The van der Waals surface area contributed by atoms with Crippen LogP contribution < -0.4 is 10.1 Å². The number of nitrogens with zero attached hydrogens (tertiary/aromatic N) is 5. The lowest BCUT2D eigenvalue weighted by molar-refractivity contribution is 0.0898. The highest BCUT2D eigenvalue weighted by Gasteiger charge is 2.24. The van der Waals surface area contributed by atoms with Crippen molar-refractivity contribution in [3.05, 3.63) is 53.5 Å². The van der Waals surface area contributed by atoms with Gasteiger partial charge in [0.2, 0.25) is 5.89 Å². The first kappa shape index (κ1) is 19.9. The molecule has 154 valence electrons. The van der Waals surface area contributed by atoms with Crippen LogP contribution in [0.25, 0.3) is 11.6 Å². The fourth-order valence-electron chi connectivity index (χ4n) is 3.30. The summed E-state index contributed by atoms with van der Waals surface area (Å²) in [6, 6.07) is 13.7. The molecule has 1 saturated heterocycles. The van der Waals surface area contributed by atoms with Crippen molar-refractivity contribution in [2.45, 2.75) is 32.1 Å². The zero-order valence-corrected chi connectivity index (χ0v) is 16.6. The van der Waals surface area contributed by atoms with E-state index in [0.717, 1.165) is 36.4 Å². The summed E-state index contributed by atoms with van der Waals surface area (Å²) in [6.07, 6.45) is 1.60. The lowest BCUT2D eigenvalue weighted by Crippen LogP contribution is -2.31. The van der Waals surface area contributed by atoms with Gasteiger partial charge >= 0.3 is 0 Å². The van der Waals surface area contributed by atoms with E-state index in [0.29, 0.717) is 24.1 Å². The van der Waals surface area contributed by atoms with E-state index in [4.69, 9.17) is 19.2 Å². The van der Waals surface area contributed by atoms with Crippen LogP contribution in [0.15, 0.2) is 40.8 Å². The maximum absolute atomic E-state index is 9.14. The third-order valence-corrected chi connectivity index (χ3v) is 4.97. The smallest absolute Gasteiger partial charge is 0.268 e. The van der Waals surface area contributed by atoms with Crippen LogP contribution >= 0.6 is 0 Å². The van der Waals surface area contributed by atoms with E-state index in [1.807, 2.05) is 30.3 Å². The monoisotopic (exact) mass is 406 g/mol. The average Bonchev–Trinajstić information content (AvgIpc) is 3.28. The second-order valence-corrected chi connectivity index (χ2v) is 7.04. The SMILES string of the molecule is COc1ccc(COCc2nnc(-c3ccc(C4CC(C#N)CCN4)nn3)o2)cc1. The number of hydrogen-bond acceptors (Lipinski definition) is 9. The molecule has 1 aliphatic heterocycles. The fraction of sp³-hybridized carbons (Fsp3) is 0.381. The van der Waals surface area contributed by atoms with E-state index in [2.05, 4.69) is 31.8 Å². The first-order chi connectivity index (χ1) is 14.7. The van der Waals surface area contributed by atoms with Crippen LogP contribution in [0.4, 0.5) is 0 Å². The van der Waals surface area contributed by atoms with Crippen LogP contribution in [0.1, 0.15) is 36.0 Å². The molecule has 1 aromatic carbocycles. The predicted molar refractivity (Wildman–Crippen MR) is 106 cm³/mol. The maximum Gasteiger partial charge on any atom is 0.268 e. The highest BCUT2D eigenvalue weighted by molar-refractivity contribution is 5.44. The van der Waals surface area contributed by atoms with E-state index in [9.17, 15) is 0 Å². The number of methoxy groups -OCH3 is 1. The molecule has 9 nitrogen and oxygen atoms in total. The van der Waals surface area contributed by atoms with Gasteiger partial charge in [0.05, 0.1) is 31.5 Å². The minimum absolute atomic E-state index is 0.0366. The van der Waals surface area contributed by atoms with Crippen LogP contribution in [0, 0.1) is 17.2 Å². The number of hydrogen-bond donors (Lipinski definition) is 1. The molecule has 0 amide bonds. The highest BCUT2D eigenvalue weighted by atomic mass is 16.5. The average molecular weight is 406 g/mol. The first-order valence-electron chi connectivity index (χ1n) is 9.75. The third-order valence-electron chi connectivity index (χ3n) is 4.97. The number of piperidine rings is 1. The van der Waals surface area contributed by atoms with Crippen LogP contribution in [0.3, 0.4) is 0 Å². The van der Waals surface area contributed by atoms with Gasteiger partial charge in [0.1, 0.15) is 18.1 Å². The Balaban J connectivity index is 1.32. The van der Waals surface area contributed by atoms with Gasteiger partial charge in [-0.25, -0.2) is 0 Å². The summed E-state index contributed by atoms with van der Waals surface area (Å²) in [5, 5.41) is 29.0. The van der Waals surface area contributed by atoms with E-state index in [1.54, 1.807) is 13.2 Å². The Bertz CT molecular complexity index is 997. The van der Waals surface area contributed by atoms with Gasteiger partial charge in [0.25, 0.3) is 5.89 Å². The van der Waals surface area contributed by atoms with Crippen molar-refractivity contribution in [2.24, 2.45) is 5.92 Å². The molecule has 3 heterocycles. The summed E-state index contributed by atoms with van der Waals surface area (Å²) < 4.78 is 16.4. The molecule has 2 unspecified atom stereocenters. The van der Waals surface area contributed by atoms with Gasteiger partial charge in [-0.2, -0.15) is 10.4 Å². The van der Waals surface area contributed by atoms with Gasteiger partial charge in [-0.3, -0.25) is 0 Å². The van der Waals surface area contributed by atoms with Gasteiger partial charge < -0.3 is 19.2 Å². The maximum atomic E-state index is 9.14. The quantitative estimate of drug-likeness (QED) is 0.631. The van der Waals surface area contributed by atoms with Crippen molar-refractivity contribution in [1.82, 2.24) is 25.7 Å². The molecular formula is C21H22N6O3. The van der Waals surface area contributed by atoms with Crippen molar-refractivity contribution < 1.29 is 13.9 Å². The normalized spacial score (nSPS) is 18.7. The second-order valence-electron chi connectivity index (χ2n) is 7.04. The third kappa shape index (κ3) is 4.79. The Morgan fingerprint density at radius 1 is 1.10 bits per heavy atom. The number of ether oxygens (including phenoxy) is 2. The van der Waals surface area contributed by atoms with E-state index in [1.165, 1.54) is 0 Å². The molecular weight excluding hydrogens is 384 g/mol. The fourth-order valence-corrected chi connectivity index (χ4v) is 3.30. The second kappa shape index (κ2) is 9.43. The summed E-state index contributed by atoms with van der Waals surface area (Å²) in [5.41, 5.74) is 2.33. The van der Waals surface area contributed by atoms with Crippen LogP contribution in [0.5, 0.6) is 5.75 Å². The molecule has 30 heavy (non-hydrogen) atoms. The Kier molecular flexibility index (Phi) is 6.27. The minimum atomic E-state index is 0.0366. The summed E-state index contributed by atoms with van der Waals surface area (Å²) >= 11 is 0. The lowest BCUT2D eigenvalue weighted by atomic mass is 9.92. The summed E-state index contributed by atoms with van der Waals surface area (Å²) in [7, 11) is 1.63. The summed E-state index contributed by atoms with van der Waals surface area (Å²) in [6.45, 7) is 1.43. The summed E-state index contributed by atoms with van der Waals surface area (Å²) in [4.78, 5) is 0. The molecule has 0 bridgehead atoms. The largest absolute Gasteiger partial charge is 0.497 e. The van der Waals surface area contributed by atoms with Gasteiger partial charge in [-0.15, -0.1) is 15.3 Å². The molecule has 0 aliphatic carbocycles. The van der Waals surface area contributed by atoms with E-state index < -0.39 is 0 Å². The number of rotatable bonds is 7. The van der Waals surface area contributed by atoms with Crippen molar-refractivity contribution in [3.63, 3.8) is 0 Å². The topological polar surface area (TPSA) is 119 Å². The van der Waals surface area contributed by atoms with Crippen LogP contribution in [-0.2, 0) is 18.0 Å². The first-order valence-corrected chi connectivity index (χ1v) is 9.75. The van der Waals surface area contributed by atoms with Gasteiger partial charge in [-0.1, -0.05) is 12.1 Å². The minimum Gasteiger partial charge on any atom is -0.497 e. The predicted octanol–water partition coefficient (Wildman–Crippen LogP) is 2.82. The summed E-state index contributed by atoms with van der Waals surface area (Å²) in [5.74, 6) is 1.52. The molecule has 0 saturated carbocycles. The Morgan fingerprint density at radius 2 is 1.97 bits per heavy atom. The molecule has 0 radical (unpaired) electrons. The van der Waals surface area contributed by atoms with Crippen molar-refractivity contribution in [3.8, 4) is 23.4 Å². The van der Waals surface area contributed by atoms with Crippen LogP contribution in [0.2, 0.25) is 0 Å². The molecule has 9 heteroatoms. The Hall–Kier alpha value is -3.35. The van der Waals surface area contributed by atoms with Crippen LogP contribution in [-0.4, -0.2) is 34.0 Å². The number of benzene rings is 1. The number of aromatic nitrogens is 4. The van der Waals surface area contributed by atoms with Crippen molar-refractivity contribution in [1.29, 1.82) is 5.26 Å². The van der Waals surface area contributed by atoms with Gasteiger partial charge in [0.15, 0.2) is 0 Å². The molecule has 4 rings (SSSR count). The van der Waals surface area contributed by atoms with Crippen molar-refractivity contribution in [2.75, 3.05) is 13.7 Å². The van der Waals surface area contributed by atoms with E-state index >= 15 is 0 Å². The van der Waals surface area contributed by atoms with E-state index in [-0.39, 0.29) is 18.6 Å². The lowest BCUT2D eigenvalue weighted by Gasteiger charge is -2.25. The molecule has 2 aromatic heterocycles. The molecule has 1 N–H and O–H groups in total. The van der Waals surface area contributed by atoms with Crippen molar-refractivity contribution >= 4 is 0 Å². The molecule has 0 spiro atoms. The Labute approximate surface area is 174 Å². The highest BCUT2D eigenvalue weighted by Crippen LogP contribution is 2.26. The van der Waals surface area contributed by atoms with Gasteiger partial charge in [-0.05, 0) is 49.2 Å². The van der Waals surface area contributed by atoms with Gasteiger partial charge in [0, 0.05) is 5.92 Å². The Morgan fingerprint density at radius 3 is 2.70 bits per heavy atom. The molecule has 3 aromatic rings. The number of nitrogens with one attached hydrogen (secondary N) is 1. The molecule has 1 fully saturated rings. The molecule has 1 aliphatic rings. The number of nitriles is 1. The molecule has 2 atom stereocenters. The zero-order valence-electron chi connectivity index (χ0n) is 16.6.